The van der Waals surface area contributed by atoms with Crippen LogP contribution in [0.25, 0.3) is 0 Å². The molecule has 2 aromatic rings. The molecule has 0 aliphatic rings. The van der Waals surface area contributed by atoms with E-state index in [1.807, 2.05) is 31.1 Å². The van der Waals surface area contributed by atoms with Gasteiger partial charge in [-0.25, -0.2) is 15.0 Å². The monoisotopic (exact) mass is 230 g/mol. The standard InChI is InChI=1S/C12H14N4O/c1-16(2)12-5-10(3-4-15-12)8-17-11-6-13-9-14-7-11/h3-7,9H,8H2,1-2H3. The Morgan fingerprint density at radius 1 is 1.24 bits per heavy atom. The van der Waals surface area contributed by atoms with Gasteiger partial charge < -0.3 is 9.64 Å². The van der Waals surface area contributed by atoms with Gasteiger partial charge in [0.15, 0.2) is 5.75 Å². The minimum atomic E-state index is 0.483. The maximum absolute atomic E-state index is 5.56. The first-order valence-electron chi connectivity index (χ1n) is 5.26. The summed E-state index contributed by atoms with van der Waals surface area (Å²) < 4.78 is 5.56. The van der Waals surface area contributed by atoms with Gasteiger partial charge in [-0.15, -0.1) is 0 Å². The van der Waals surface area contributed by atoms with Crippen LogP contribution in [0.2, 0.25) is 0 Å². The van der Waals surface area contributed by atoms with Gasteiger partial charge in [0, 0.05) is 20.3 Å². The zero-order valence-electron chi connectivity index (χ0n) is 9.87. The van der Waals surface area contributed by atoms with Crippen molar-refractivity contribution in [2.75, 3.05) is 19.0 Å². The highest BCUT2D eigenvalue weighted by atomic mass is 16.5. The average Bonchev–Trinajstić information content (AvgIpc) is 2.38. The molecule has 0 aliphatic heterocycles. The third kappa shape index (κ3) is 3.14. The maximum atomic E-state index is 5.56. The van der Waals surface area contributed by atoms with Gasteiger partial charge in [0.2, 0.25) is 0 Å². The quantitative estimate of drug-likeness (QED) is 0.797. The second-order valence-electron chi connectivity index (χ2n) is 3.78. The molecular weight excluding hydrogens is 216 g/mol. The molecule has 0 aliphatic carbocycles. The Kier molecular flexibility index (Phi) is 3.49. The first-order valence-corrected chi connectivity index (χ1v) is 5.26. The Morgan fingerprint density at radius 3 is 2.71 bits per heavy atom. The van der Waals surface area contributed by atoms with Crippen molar-refractivity contribution in [2.45, 2.75) is 6.61 Å². The van der Waals surface area contributed by atoms with Crippen LogP contribution in [0.15, 0.2) is 37.1 Å². The lowest BCUT2D eigenvalue weighted by Crippen LogP contribution is -2.11. The number of nitrogens with zero attached hydrogens (tertiary/aromatic N) is 4. The fourth-order valence-corrected chi connectivity index (χ4v) is 1.32. The van der Waals surface area contributed by atoms with Gasteiger partial charge in [0.1, 0.15) is 18.8 Å². The van der Waals surface area contributed by atoms with E-state index in [-0.39, 0.29) is 0 Å². The van der Waals surface area contributed by atoms with E-state index in [2.05, 4.69) is 15.0 Å². The molecule has 0 aromatic carbocycles. The minimum absolute atomic E-state index is 0.483. The average molecular weight is 230 g/mol. The fourth-order valence-electron chi connectivity index (χ4n) is 1.32. The molecule has 2 heterocycles. The molecule has 0 saturated heterocycles. The predicted octanol–water partition coefficient (Wildman–Crippen LogP) is 1.52. The number of pyridine rings is 1. The van der Waals surface area contributed by atoms with E-state index in [1.165, 1.54) is 6.33 Å². The third-order valence-corrected chi connectivity index (χ3v) is 2.21. The second kappa shape index (κ2) is 5.25. The molecule has 0 bridgehead atoms. The van der Waals surface area contributed by atoms with Crippen molar-refractivity contribution in [3.05, 3.63) is 42.6 Å². The molecule has 0 radical (unpaired) electrons. The van der Waals surface area contributed by atoms with Crippen LogP contribution in [0.5, 0.6) is 5.75 Å². The van der Waals surface area contributed by atoms with Crippen molar-refractivity contribution in [3.63, 3.8) is 0 Å². The predicted molar refractivity (Wildman–Crippen MR) is 64.9 cm³/mol. The summed E-state index contributed by atoms with van der Waals surface area (Å²) >= 11 is 0. The van der Waals surface area contributed by atoms with Crippen LogP contribution < -0.4 is 9.64 Å². The summed E-state index contributed by atoms with van der Waals surface area (Å²) in [5.74, 6) is 1.58. The highest BCUT2D eigenvalue weighted by molar-refractivity contribution is 5.38. The largest absolute Gasteiger partial charge is 0.486 e. The lowest BCUT2D eigenvalue weighted by Gasteiger charge is -2.12. The molecule has 0 spiro atoms. The molecule has 0 N–H and O–H groups in total. The summed E-state index contributed by atoms with van der Waals surface area (Å²) in [7, 11) is 3.91. The summed E-state index contributed by atoms with van der Waals surface area (Å²) in [4.78, 5) is 14.0. The normalized spacial score (nSPS) is 10.0. The SMILES string of the molecule is CN(C)c1cc(COc2cncnc2)ccn1. The molecule has 2 rings (SSSR count). The summed E-state index contributed by atoms with van der Waals surface area (Å²) in [6.07, 6.45) is 6.53. The van der Waals surface area contributed by atoms with Crippen LogP contribution in [0, 0.1) is 0 Å². The van der Waals surface area contributed by atoms with E-state index in [1.54, 1.807) is 18.6 Å². The molecule has 0 atom stereocenters. The zero-order chi connectivity index (χ0) is 12.1. The van der Waals surface area contributed by atoms with Gasteiger partial charge in [0.25, 0.3) is 0 Å². The highest BCUT2D eigenvalue weighted by Gasteiger charge is 2.00. The van der Waals surface area contributed by atoms with Crippen molar-refractivity contribution < 1.29 is 4.74 Å². The van der Waals surface area contributed by atoms with Crippen molar-refractivity contribution >= 4 is 5.82 Å². The van der Waals surface area contributed by atoms with Crippen molar-refractivity contribution in [2.24, 2.45) is 0 Å². The maximum Gasteiger partial charge on any atom is 0.156 e. The van der Waals surface area contributed by atoms with Crippen LogP contribution >= 0.6 is 0 Å². The van der Waals surface area contributed by atoms with Crippen LogP contribution in [-0.2, 0) is 6.61 Å². The first-order chi connectivity index (χ1) is 8.25. The van der Waals surface area contributed by atoms with Crippen molar-refractivity contribution in [1.29, 1.82) is 0 Å². The molecule has 88 valence electrons. The highest BCUT2D eigenvalue weighted by Crippen LogP contribution is 2.12. The molecule has 17 heavy (non-hydrogen) atoms. The second-order valence-corrected chi connectivity index (χ2v) is 3.78. The molecule has 0 unspecified atom stereocenters. The molecule has 0 fully saturated rings. The number of hydrogen-bond donors (Lipinski definition) is 0. The number of rotatable bonds is 4. The Labute approximate surface area is 100 Å². The Morgan fingerprint density at radius 2 is 2.00 bits per heavy atom. The van der Waals surface area contributed by atoms with E-state index in [4.69, 9.17) is 4.74 Å². The molecule has 2 aromatic heterocycles. The van der Waals surface area contributed by atoms with E-state index < -0.39 is 0 Å². The molecular formula is C12H14N4O. The first kappa shape index (κ1) is 11.3. The van der Waals surface area contributed by atoms with Gasteiger partial charge in [-0.3, -0.25) is 0 Å². The van der Waals surface area contributed by atoms with Crippen LogP contribution in [0.4, 0.5) is 5.82 Å². The van der Waals surface area contributed by atoms with Crippen LogP contribution in [0.1, 0.15) is 5.56 Å². The molecule has 5 heteroatoms. The van der Waals surface area contributed by atoms with Gasteiger partial charge in [0.05, 0.1) is 12.4 Å². The van der Waals surface area contributed by atoms with Crippen molar-refractivity contribution in [1.82, 2.24) is 15.0 Å². The number of anilines is 1. The van der Waals surface area contributed by atoms with Crippen LogP contribution in [-0.4, -0.2) is 29.0 Å². The lowest BCUT2D eigenvalue weighted by molar-refractivity contribution is 0.303. The van der Waals surface area contributed by atoms with Gasteiger partial charge >= 0.3 is 0 Å². The topological polar surface area (TPSA) is 51.1 Å². The molecule has 0 amide bonds. The van der Waals surface area contributed by atoms with Crippen molar-refractivity contribution in [3.8, 4) is 5.75 Å². The summed E-state index contributed by atoms with van der Waals surface area (Å²) in [5, 5.41) is 0. The van der Waals surface area contributed by atoms with E-state index in [9.17, 15) is 0 Å². The fraction of sp³-hybridized carbons (Fsp3) is 0.250. The van der Waals surface area contributed by atoms with Gasteiger partial charge in [-0.2, -0.15) is 0 Å². The molecule has 0 saturated carbocycles. The van der Waals surface area contributed by atoms with E-state index >= 15 is 0 Å². The van der Waals surface area contributed by atoms with E-state index in [0.717, 1.165) is 11.4 Å². The minimum Gasteiger partial charge on any atom is -0.486 e. The smallest absolute Gasteiger partial charge is 0.156 e. The summed E-state index contributed by atoms with van der Waals surface area (Å²) in [5.41, 5.74) is 1.06. The summed E-state index contributed by atoms with van der Waals surface area (Å²) in [6.45, 7) is 0.483. The Hall–Kier alpha value is -2.17. The Bertz CT molecular complexity index is 473. The zero-order valence-corrected chi connectivity index (χ0v) is 9.87. The summed E-state index contributed by atoms with van der Waals surface area (Å²) in [6, 6.07) is 3.92. The van der Waals surface area contributed by atoms with E-state index in [0.29, 0.717) is 12.4 Å². The number of aromatic nitrogens is 3. The van der Waals surface area contributed by atoms with Gasteiger partial charge in [-0.1, -0.05) is 0 Å². The lowest BCUT2D eigenvalue weighted by atomic mass is 10.3. The molecule has 5 nitrogen and oxygen atoms in total. The third-order valence-electron chi connectivity index (χ3n) is 2.21. The van der Waals surface area contributed by atoms with Gasteiger partial charge in [-0.05, 0) is 17.7 Å². The Balaban J connectivity index is 2.02. The van der Waals surface area contributed by atoms with Crippen LogP contribution in [0.3, 0.4) is 0 Å². The number of ether oxygens (including phenoxy) is 1. The number of hydrogen-bond acceptors (Lipinski definition) is 5.